The molecule has 4 rings (SSSR count). The minimum Gasteiger partial charge on any atom is -0.373 e. The van der Waals surface area contributed by atoms with Crippen molar-refractivity contribution in [2.24, 2.45) is 23.7 Å². The molecule has 0 spiro atoms. The molecular formula is C15H19N3O. The van der Waals surface area contributed by atoms with Crippen molar-refractivity contribution in [3.63, 3.8) is 0 Å². The van der Waals surface area contributed by atoms with Gasteiger partial charge >= 0.3 is 0 Å². The molecule has 0 saturated heterocycles. The first-order valence-corrected chi connectivity index (χ1v) is 7.22. The Morgan fingerprint density at radius 3 is 2.58 bits per heavy atom. The number of fused-ring (bicyclic) bond motifs is 5. The van der Waals surface area contributed by atoms with Crippen molar-refractivity contribution in [2.45, 2.75) is 25.3 Å². The fourth-order valence-electron chi connectivity index (χ4n) is 4.43. The molecule has 4 unspecified atom stereocenters. The van der Waals surface area contributed by atoms with E-state index in [1.807, 2.05) is 19.2 Å². The van der Waals surface area contributed by atoms with Crippen molar-refractivity contribution < 1.29 is 4.79 Å². The molecule has 1 amide bonds. The molecule has 3 fully saturated rings. The summed E-state index contributed by atoms with van der Waals surface area (Å²) in [5.41, 5.74) is 0.663. The van der Waals surface area contributed by atoms with Gasteiger partial charge in [0.2, 0.25) is 0 Å². The third-order valence-corrected chi connectivity index (χ3v) is 5.31. The summed E-state index contributed by atoms with van der Waals surface area (Å²) < 4.78 is 0. The van der Waals surface area contributed by atoms with Gasteiger partial charge in [-0.05, 0) is 55.1 Å². The van der Waals surface area contributed by atoms with E-state index in [4.69, 9.17) is 0 Å². The SMILES string of the molecule is CNc1ccc(C(=O)NC2C3C4CCC(C4)C23)cn1. The molecule has 3 saturated carbocycles. The molecule has 100 valence electrons. The zero-order valence-corrected chi connectivity index (χ0v) is 11.1. The van der Waals surface area contributed by atoms with Crippen molar-refractivity contribution in [1.29, 1.82) is 0 Å². The number of pyridine rings is 1. The summed E-state index contributed by atoms with van der Waals surface area (Å²) in [6.07, 6.45) is 5.83. The summed E-state index contributed by atoms with van der Waals surface area (Å²) in [5.74, 6) is 4.18. The highest BCUT2D eigenvalue weighted by atomic mass is 16.1. The molecule has 2 bridgehead atoms. The number of amides is 1. The van der Waals surface area contributed by atoms with E-state index in [1.54, 1.807) is 6.20 Å². The molecule has 19 heavy (non-hydrogen) atoms. The summed E-state index contributed by atoms with van der Waals surface area (Å²) in [7, 11) is 1.82. The van der Waals surface area contributed by atoms with E-state index in [-0.39, 0.29) is 5.91 Å². The Kier molecular flexibility index (Phi) is 2.34. The second kappa shape index (κ2) is 3.95. The van der Waals surface area contributed by atoms with Crippen molar-refractivity contribution in [3.05, 3.63) is 23.9 Å². The molecule has 1 aromatic rings. The van der Waals surface area contributed by atoms with Crippen molar-refractivity contribution in [3.8, 4) is 0 Å². The zero-order chi connectivity index (χ0) is 13.0. The van der Waals surface area contributed by atoms with Gasteiger partial charge < -0.3 is 10.6 Å². The summed E-state index contributed by atoms with van der Waals surface area (Å²) in [6.45, 7) is 0. The molecule has 4 nitrogen and oxygen atoms in total. The monoisotopic (exact) mass is 257 g/mol. The zero-order valence-electron chi connectivity index (χ0n) is 11.1. The highest BCUT2D eigenvalue weighted by molar-refractivity contribution is 5.94. The number of anilines is 1. The van der Waals surface area contributed by atoms with Gasteiger partial charge in [-0.15, -0.1) is 0 Å². The van der Waals surface area contributed by atoms with Crippen LogP contribution in [0.15, 0.2) is 18.3 Å². The van der Waals surface area contributed by atoms with Crippen molar-refractivity contribution >= 4 is 11.7 Å². The predicted molar refractivity (Wildman–Crippen MR) is 72.8 cm³/mol. The smallest absolute Gasteiger partial charge is 0.253 e. The minimum absolute atomic E-state index is 0.0361. The van der Waals surface area contributed by atoms with Crippen LogP contribution < -0.4 is 10.6 Å². The molecule has 2 N–H and O–H groups in total. The Balaban J connectivity index is 1.42. The molecule has 0 radical (unpaired) electrons. The first kappa shape index (κ1) is 11.3. The van der Waals surface area contributed by atoms with E-state index < -0.39 is 0 Å². The Bertz CT molecular complexity index is 497. The Morgan fingerprint density at radius 2 is 2.00 bits per heavy atom. The standard InChI is InChI=1S/C15H19N3O/c1-16-11-5-4-10(7-17-11)15(19)18-14-12-8-2-3-9(6-8)13(12)14/h4-5,7-9,12-14H,2-3,6H2,1H3,(H,16,17)(H,18,19). The van der Waals surface area contributed by atoms with E-state index in [1.165, 1.54) is 19.3 Å². The lowest BCUT2D eigenvalue weighted by atomic mass is 10.0. The van der Waals surface area contributed by atoms with E-state index in [0.717, 1.165) is 29.5 Å². The van der Waals surface area contributed by atoms with Crippen LogP contribution in [0.3, 0.4) is 0 Å². The average Bonchev–Trinajstić information content (AvgIpc) is 2.85. The lowest BCUT2D eigenvalue weighted by Crippen LogP contribution is -2.30. The lowest BCUT2D eigenvalue weighted by Gasteiger charge is -2.10. The van der Waals surface area contributed by atoms with Crippen molar-refractivity contribution in [1.82, 2.24) is 10.3 Å². The van der Waals surface area contributed by atoms with Gasteiger partial charge in [0.15, 0.2) is 0 Å². The topological polar surface area (TPSA) is 54.0 Å². The van der Waals surface area contributed by atoms with E-state index in [0.29, 0.717) is 11.6 Å². The molecule has 1 heterocycles. The number of carbonyl (C=O) groups is 1. The van der Waals surface area contributed by atoms with Crippen LogP contribution >= 0.6 is 0 Å². The first-order valence-electron chi connectivity index (χ1n) is 7.22. The molecule has 1 aromatic heterocycles. The molecular weight excluding hydrogens is 238 g/mol. The fraction of sp³-hybridized carbons (Fsp3) is 0.600. The highest BCUT2D eigenvalue weighted by Gasteiger charge is 2.65. The van der Waals surface area contributed by atoms with Gasteiger partial charge in [0, 0.05) is 19.3 Å². The Labute approximate surface area is 113 Å². The fourth-order valence-corrected chi connectivity index (χ4v) is 4.43. The van der Waals surface area contributed by atoms with E-state index in [2.05, 4.69) is 15.6 Å². The van der Waals surface area contributed by atoms with Crippen LogP contribution in [0.25, 0.3) is 0 Å². The maximum atomic E-state index is 12.2. The number of nitrogens with zero attached hydrogens (tertiary/aromatic N) is 1. The van der Waals surface area contributed by atoms with Crippen LogP contribution in [0, 0.1) is 23.7 Å². The van der Waals surface area contributed by atoms with E-state index in [9.17, 15) is 4.79 Å². The number of hydrogen-bond donors (Lipinski definition) is 2. The first-order chi connectivity index (χ1) is 9.28. The van der Waals surface area contributed by atoms with Gasteiger partial charge in [0.05, 0.1) is 5.56 Å². The summed E-state index contributed by atoms with van der Waals surface area (Å²) in [4.78, 5) is 16.4. The Morgan fingerprint density at radius 1 is 1.26 bits per heavy atom. The van der Waals surface area contributed by atoms with Crippen LogP contribution in [0.5, 0.6) is 0 Å². The second-order valence-electron chi connectivity index (χ2n) is 6.17. The molecule has 4 atom stereocenters. The quantitative estimate of drug-likeness (QED) is 0.869. The Hall–Kier alpha value is -1.58. The predicted octanol–water partition coefficient (Wildman–Crippen LogP) is 1.90. The maximum absolute atomic E-state index is 12.2. The molecule has 0 aromatic carbocycles. The van der Waals surface area contributed by atoms with Crippen molar-refractivity contribution in [2.75, 3.05) is 12.4 Å². The highest BCUT2D eigenvalue weighted by Crippen LogP contribution is 2.65. The number of aromatic nitrogens is 1. The van der Waals surface area contributed by atoms with Gasteiger partial charge in [-0.25, -0.2) is 4.98 Å². The second-order valence-corrected chi connectivity index (χ2v) is 6.17. The van der Waals surface area contributed by atoms with Crippen LogP contribution in [0.4, 0.5) is 5.82 Å². The largest absolute Gasteiger partial charge is 0.373 e. The minimum atomic E-state index is 0.0361. The van der Waals surface area contributed by atoms with Gasteiger partial charge in [-0.2, -0.15) is 0 Å². The third-order valence-electron chi connectivity index (χ3n) is 5.31. The number of hydrogen-bond acceptors (Lipinski definition) is 3. The average molecular weight is 257 g/mol. The van der Waals surface area contributed by atoms with Crippen LogP contribution in [-0.4, -0.2) is 24.0 Å². The molecule has 3 aliphatic carbocycles. The number of rotatable bonds is 3. The summed E-state index contributed by atoms with van der Waals surface area (Å²) in [5, 5.41) is 6.17. The van der Waals surface area contributed by atoms with Gasteiger partial charge in [-0.3, -0.25) is 4.79 Å². The molecule has 0 aliphatic heterocycles. The van der Waals surface area contributed by atoms with Gasteiger partial charge in [-0.1, -0.05) is 0 Å². The number of carbonyl (C=O) groups excluding carboxylic acids is 1. The van der Waals surface area contributed by atoms with E-state index >= 15 is 0 Å². The lowest BCUT2D eigenvalue weighted by molar-refractivity contribution is 0.0944. The van der Waals surface area contributed by atoms with Crippen LogP contribution in [-0.2, 0) is 0 Å². The van der Waals surface area contributed by atoms with Gasteiger partial charge in [0.25, 0.3) is 5.91 Å². The van der Waals surface area contributed by atoms with Gasteiger partial charge in [0.1, 0.15) is 5.82 Å². The summed E-state index contributed by atoms with van der Waals surface area (Å²) in [6, 6.07) is 4.12. The molecule has 3 aliphatic rings. The van der Waals surface area contributed by atoms with Crippen LogP contribution in [0.1, 0.15) is 29.6 Å². The molecule has 4 heteroatoms. The number of nitrogens with one attached hydrogen (secondary N) is 2. The third kappa shape index (κ3) is 1.66. The maximum Gasteiger partial charge on any atom is 0.253 e. The van der Waals surface area contributed by atoms with Crippen LogP contribution in [0.2, 0.25) is 0 Å². The summed E-state index contributed by atoms with van der Waals surface area (Å²) >= 11 is 0. The normalized spacial score (nSPS) is 37.8.